The first-order valence-electron chi connectivity index (χ1n) is 6.51. The number of anilines is 2. The fourth-order valence-electron chi connectivity index (χ4n) is 1.79. The van der Waals surface area contributed by atoms with E-state index >= 15 is 0 Å². The normalized spacial score (nSPS) is 10.9. The van der Waals surface area contributed by atoms with E-state index in [0.717, 1.165) is 18.1 Å². The minimum atomic E-state index is -0.454. The summed E-state index contributed by atoms with van der Waals surface area (Å²) < 4.78 is 4.82. The van der Waals surface area contributed by atoms with Crippen molar-refractivity contribution in [2.24, 2.45) is 5.16 Å². The molecular formula is C14H21N3O3. The van der Waals surface area contributed by atoms with Crippen molar-refractivity contribution >= 4 is 23.3 Å². The van der Waals surface area contributed by atoms with E-state index in [0.29, 0.717) is 12.3 Å². The number of benzene rings is 1. The first kappa shape index (κ1) is 15.8. The minimum absolute atomic E-state index is 0.347. The summed E-state index contributed by atoms with van der Waals surface area (Å²) in [5, 5.41) is 6.57. The number of amidine groups is 1. The fraction of sp³-hybridized carbons (Fsp3) is 0.429. The molecule has 0 saturated heterocycles. The Morgan fingerprint density at radius 3 is 2.45 bits per heavy atom. The molecule has 110 valence electrons. The Morgan fingerprint density at radius 1 is 1.30 bits per heavy atom. The predicted octanol–water partition coefficient (Wildman–Crippen LogP) is 3.06. The Bertz CT molecular complexity index is 457. The predicted molar refractivity (Wildman–Crippen MR) is 80.2 cm³/mol. The van der Waals surface area contributed by atoms with Gasteiger partial charge in [-0.3, -0.25) is 5.32 Å². The number of carbonyl (C=O) groups is 1. The van der Waals surface area contributed by atoms with Gasteiger partial charge in [0.15, 0.2) is 0 Å². The number of oxime groups is 1. The third kappa shape index (κ3) is 4.46. The van der Waals surface area contributed by atoms with Crippen molar-refractivity contribution < 1.29 is 14.4 Å². The van der Waals surface area contributed by atoms with Gasteiger partial charge in [0.05, 0.1) is 6.61 Å². The van der Waals surface area contributed by atoms with E-state index in [2.05, 4.69) is 10.5 Å². The smallest absolute Gasteiger partial charge is 0.411 e. The van der Waals surface area contributed by atoms with Gasteiger partial charge in [-0.25, -0.2) is 4.79 Å². The molecule has 0 aliphatic heterocycles. The molecule has 20 heavy (non-hydrogen) atoms. The summed E-state index contributed by atoms with van der Waals surface area (Å²) in [6.07, 6.45) is -0.454. The number of amides is 1. The maximum atomic E-state index is 11.3. The van der Waals surface area contributed by atoms with Gasteiger partial charge in [-0.2, -0.15) is 0 Å². The van der Waals surface area contributed by atoms with Crippen LogP contribution < -0.4 is 10.2 Å². The third-order valence-electron chi connectivity index (χ3n) is 2.63. The summed E-state index contributed by atoms with van der Waals surface area (Å²) in [6.45, 7) is 6.78. The number of ether oxygens (including phenoxy) is 1. The highest BCUT2D eigenvalue weighted by Crippen LogP contribution is 2.18. The third-order valence-corrected chi connectivity index (χ3v) is 2.63. The van der Waals surface area contributed by atoms with Crippen LogP contribution in [0.25, 0.3) is 0 Å². The molecule has 1 aromatic rings. The molecule has 1 aromatic carbocycles. The summed E-state index contributed by atoms with van der Waals surface area (Å²) in [4.78, 5) is 18.1. The maximum absolute atomic E-state index is 11.3. The molecule has 0 fully saturated rings. The van der Waals surface area contributed by atoms with E-state index in [1.807, 2.05) is 43.0 Å². The Labute approximate surface area is 119 Å². The van der Waals surface area contributed by atoms with Crippen LogP contribution in [0.2, 0.25) is 0 Å². The largest absolute Gasteiger partial charge is 0.450 e. The van der Waals surface area contributed by atoms with Crippen LogP contribution >= 0.6 is 0 Å². The van der Waals surface area contributed by atoms with Crippen LogP contribution in [-0.4, -0.2) is 32.2 Å². The van der Waals surface area contributed by atoms with Crippen molar-refractivity contribution in [3.05, 3.63) is 24.3 Å². The summed E-state index contributed by atoms with van der Waals surface area (Å²) >= 11 is 0. The zero-order chi connectivity index (χ0) is 15.0. The molecule has 6 nitrogen and oxygen atoms in total. The van der Waals surface area contributed by atoms with Gasteiger partial charge < -0.3 is 14.5 Å². The summed E-state index contributed by atoms with van der Waals surface area (Å²) in [5.41, 5.74) is 1.66. The van der Waals surface area contributed by atoms with E-state index < -0.39 is 6.09 Å². The lowest BCUT2D eigenvalue weighted by molar-refractivity contribution is 0.168. The standard InChI is InChI=1S/C14H21N3O3/c1-5-17(11(3)16-19-4)13-9-7-12(8-10-13)15-14(18)20-6-2/h7-10H,5-6H2,1-4H3,(H,15,18). The van der Waals surface area contributed by atoms with E-state index in [4.69, 9.17) is 9.57 Å². The van der Waals surface area contributed by atoms with Crippen molar-refractivity contribution in [2.45, 2.75) is 20.8 Å². The lowest BCUT2D eigenvalue weighted by atomic mass is 10.2. The summed E-state index contributed by atoms with van der Waals surface area (Å²) in [6, 6.07) is 7.43. The number of nitrogens with one attached hydrogen (secondary N) is 1. The first-order valence-corrected chi connectivity index (χ1v) is 6.51. The van der Waals surface area contributed by atoms with Crippen LogP contribution in [0.15, 0.2) is 29.4 Å². The van der Waals surface area contributed by atoms with Gasteiger partial charge in [-0.05, 0) is 45.0 Å². The molecule has 1 amide bonds. The average molecular weight is 279 g/mol. The molecule has 1 rings (SSSR count). The lowest BCUT2D eigenvalue weighted by Gasteiger charge is -2.22. The molecular weight excluding hydrogens is 258 g/mol. The first-order chi connectivity index (χ1) is 9.62. The molecule has 0 radical (unpaired) electrons. The molecule has 0 saturated carbocycles. The number of rotatable bonds is 5. The highest BCUT2D eigenvalue weighted by Gasteiger charge is 2.09. The van der Waals surface area contributed by atoms with Crippen LogP contribution in [-0.2, 0) is 9.57 Å². The van der Waals surface area contributed by atoms with Gasteiger partial charge in [-0.1, -0.05) is 5.16 Å². The Hall–Kier alpha value is -2.24. The number of carbonyl (C=O) groups excluding carboxylic acids is 1. The van der Waals surface area contributed by atoms with Crippen LogP contribution in [0.4, 0.5) is 16.2 Å². The van der Waals surface area contributed by atoms with Gasteiger partial charge in [0.1, 0.15) is 12.9 Å². The van der Waals surface area contributed by atoms with E-state index in [1.54, 1.807) is 6.92 Å². The van der Waals surface area contributed by atoms with Crippen LogP contribution in [0.3, 0.4) is 0 Å². The van der Waals surface area contributed by atoms with Crippen molar-refractivity contribution in [1.29, 1.82) is 0 Å². The zero-order valence-corrected chi connectivity index (χ0v) is 12.3. The maximum Gasteiger partial charge on any atom is 0.411 e. The minimum Gasteiger partial charge on any atom is -0.450 e. The molecule has 0 spiro atoms. The van der Waals surface area contributed by atoms with Crippen LogP contribution in [0.5, 0.6) is 0 Å². The quantitative estimate of drug-likeness (QED) is 0.511. The van der Waals surface area contributed by atoms with Gasteiger partial charge in [-0.15, -0.1) is 0 Å². The molecule has 0 aliphatic carbocycles. The van der Waals surface area contributed by atoms with E-state index in [-0.39, 0.29) is 0 Å². The molecule has 1 N–H and O–H groups in total. The number of nitrogens with zero attached hydrogens (tertiary/aromatic N) is 2. The topological polar surface area (TPSA) is 63.2 Å². The second-order valence-electron chi connectivity index (χ2n) is 3.96. The number of hydrogen-bond donors (Lipinski definition) is 1. The van der Waals surface area contributed by atoms with Crippen molar-refractivity contribution in [3.8, 4) is 0 Å². The average Bonchev–Trinajstić information content (AvgIpc) is 2.42. The van der Waals surface area contributed by atoms with Gasteiger partial charge in [0.25, 0.3) is 0 Å². The Balaban J connectivity index is 2.79. The summed E-state index contributed by atoms with van der Waals surface area (Å²) in [5.74, 6) is 0.765. The molecule has 0 atom stereocenters. The highest BCUT2D eigenvalue weighted by atomic mass is 16.6. The zero-order valence-electron chi connectivity index (χ0n) is 12.3. The molecule has 0 aromatic heterocycles. The van der Waals surface area contributed by atoms with E-state index in [9.17, 15) is 4.79 Å². The molecule has 6 heteroatoms. The fourth-order valence-corrected chi connectivity index (χ4v) is 1.79. The molecule has 0 bridgehead atoms. The monoisotopic (exact) mass is 279 g/mol. The SMILES string of the molecule is CCOC(=O)Nc1ccc(N(CC)C(C)=NOC)cc1. The Kier molecular flexibility index (Phi) is 6.36. The van der Waals surface area contributed by atoms with Gasteiger partial charge >= 0.3 is 6.09 Å². The van der Waals surface area contributed by atoms with E-state index in [1.165, 1.54) is 7.11 Å². The van der Waals surface area contributed by atoms with Crippen molar-refractivity contribution in [1.82, 2.24) is 0 Å². The second kappa shape index (κ2) is 8.04. The van der Waals surface area contributed by atoms with Crippen molar-refractivity contribution in [2.75, 3.05) is 30.5 Å². The summed E-state index contributed by atoms with van der Waals surface area (Å²) in [7, 11) is 1.52. The van der Waals surface area contributed by atoms with Gasteiger partial charge in [0, 0.05) is 17.9 Å². The Morgan fingerprint density at radius 2 is 1.95 bits per heavy atom. The second-order valence-corrected chi connectivity index (χ2v) is 3.96. The highest BCUT2D eigenvalue weighted by molar-refractivity contribution is 5.96. The molecule has 0 unspecified atom stereocenters. The molecule has 0 aliphatic rings. The lowest BCUT2D eigenvalue weighted by Crippen LogP contribution is -2.28. The number of hydrogen-bond acceptors (Lipinski definition) is 4. The van der Waals surface area contributed by atoms with Crippen molar-refractivity contribution in [3.63, 3.8) is 0 Å². The molecule has 0 heterocycles. The van der Waals surface area contributed by atoms with Crippen LogP contribution in [0.1, 0.15) is 20.8 Å². The van der Waals surface area contributed by atoms with Crippen LogP contribution in [0, 0.1) is 0 Å². The van der Waals surface area contributed by atoms with Gasteiger partial charge in [0.2, 0.25) is 0 Å².